The van der Waals surface area contributed by atoms with Gasteiger partial charge in [0.05, 0.1) is 26.1 Å². The average Bonchev–Trinajstić information content (AvgIpc) is 3.31. The van der Waals surface area contributed by atoms with Gasteiger partial charge < -0.3 is 14.0 Å². The van der Waals surface area contributed by atoms with E-state index in [-0.39, 0.29) is 6.10 Å². The predicted octanol–water partition coefficient (Wildman–Crippen LogP) is 5.43. The maximum absolute atomic E-state index is 11.7. The van der Waals surface area contributed by atoms with Gasteiger partial charge in [0.2, 0.25) is 0 Å². The summed E-state index contributed by atoms with van der Waals surface area (Å²) in [5, 5.41) is 2.59. The standard InChI is InChI=1S/C27H28N2O3/c1-31-27(30)26-18-29(20-28-26)17-24(32-19-21-9-3-2-4-10-21)15-8-14-23-13-7-12-22-11-5-6-16-25(22)23/h2-7,9-13,16,18,20,24H,8,14-15,17,19H2,1H3. The number of methoxy groups -OCH3 is 1. The number of aryl methyl sites for hydroxylation is 1. The first kappa shape index (κ1) is 21.8. The molecule has 0 bridgehead atoms. The Balaban J connectivity index is 1.42. The Bertz CT molecular complexity index is 1150. The molecule has 0 saturated heterocycles. The van der Waals surface area contributed by atoms with Gasteiger partial charge in [-0.1, -0.05) is 72.8 Å². The summed E-state index contributed by atoms with van der Waals surface area (Å²) in [6.07, 6.45) is 6.29. The first-order valence-corrected chi connectivity index (χ1v) is 10.9. The SMILES string of the molecule is COC(=O)c1cn(CC(CCCc2cccc3ccccc23)OCc2ccccc2)cn1. The van der Waals surface area contributed by atoms with Gasteiger partial charge in [-0.15, -0.1) is 0 Å². The van der Waals surface area contributed by atoms with Crippen LogP contribution in [0.3, 0.4) is 0 Å². The molecule has 5 nitrogen and oxygen atoms in total. The fourth-order valence-electron chi connectivity index (χ4n) is 3.95. The van der Waals surface area contributed by atoms with Gasteiger partial charge in [-0.3, -0.25) is 0 Å². The molecule has 0 amide bonds. The summed E-state index contributed by atoms with van der Waals surface area (Å²) in [5.41, 5.74) is 2.82. The van der Waals surface area contributed by atoms with Crippen molar-refractivity contribution in [1.82, 2.24) is 9.55 Å². The molecule has 3 aromatic carbocycles. The highest BCUT2D eigenvalue weighted by atomic mass is 16.5. The summed E-state index contributed by atoms with van der Waals surface area (Å²) in [6, 6.07) is 25.2. The Hall–Kier alpha value is -3.44. The second-order valence-electron chi connectivity index (χ2n) is 7.90. The van der Waals surface area contributed by atoms with Crippen LogP contribution in [0.1, 0.15) is 34.5 Å². The number of fused-ring (bicyclic) bond motifs is 1. The lowest BCUT2D eigenvalue weighted by Crippen LogP contribution is -2.20. The Morgan fingerprint density at radius 3 is 2.62 bits per heavy atom. The number of carbonyl (C=O) groups is 1. The molecule has 32 heavy (non-hydrogen) atoms. The van der Waals surface area contributed by atoms with Crippen molar-refractivity contribution in [1.29, 1.82) is 0 Å². The molecule has 0 saturated carbocycles. The molecule has 0 radical (unpaired) electrons. The van der Waals surface area contributed by atoms with E-state index in [0.29, 0.717) is 18.8 Å². The van der Waals surface area contributed by atoms with Crippen LogP contribution in [0.25, 0.3) is 10.8 Å². The van der Waals surface area contributed by atoms with Crippen molar-refractivity contribution < 1.29 is 14.3 Å². The highest BCUT2D eigenvalue weighted by Crippen LogP contribution is 2.21. The van der Waals surface area contributed by atoms with Gasteiger partial charge in [0.1, 0.15) is 0 Å². The zero-order valence-corrected chi connectivity index (χ0v) is 18.3. The molecular weight excluding hydrogens is 400 g/mol. The number of rotatable bonds is 10. The molecule has 4 rings (SSSR count). The van der Waals surface area contributed by atoms with E-state index in [2.05, 4.69) is 59.6 Å². The second-order valence-corrected chi connectivity index (χ2v) is 7.90. The second kappa shape index (κ2) is 10.7. The van der Waals surface area contributed by atoms with E-state index in [4.69, 9.17) is 9.47 Å². The number of imidazole rings is 1. The molecule has 5 heteroatoms. The third-order valence-corrected chi connectivity index (χ3v) is 5.62. The number of aromatic nitrogens is 2. The third-order valence-electron chi connectivity index (χ3n) is 5.62. The van der Waals surface area contributed by atoms with E-state index in [1.54, 1.807) is 12.5 Å². The molecule has 0 aliphatic heterocycles. The number of esters is 1. The van der Waals surface area contributed by atoms with Gasteiger partial charge >= 0.3 is 5.97 Å². The molecular formula is C27H28N2O3. The zero-order chi connectivity index (χ0) is 22.2. The first-order valence-electron chi connectivity index (χ1n) is 10.9. The molecule has 164 valence electrons. The number of ether oxygens (including phenoxy) is 2. The number of hydrogen-bond acceptors (Lipinski definition) is 4. The van der Waals surface area contributed by atoms with E-state index in [0.717, 1.165) is 24.8 Å². The van der Waals surface area contributed by atoms with Crippen LogP contribution in [0, 0.1) is 0 Å². The third kappa shape index (κ3) is 5.62. The van der Waals surface area contributed by atoms with E-state index in [1.807, 2.05) is 22.8 Å². The van der Waals surface area contributed by atoms with Gasteiger partial charge in [0.25, 0.3) is 0 Å². The molecule has 1 heterocycles. The van der Waals surface area contributed by atoms with Crippen LogP contribution in [0.5, 0.6) is 0 Å². The molecule has 1 aromatic heterocycles. The Morgan fingerprint density at radius 1 is 1.00 bits per heavy atom. The lowest BCUT2D eigenvalue weighted by atomic mass is 9.99. The predicted molar refractivity (Wildman–Crippen MR) is 125 cm³/mol. The van der Waals surface area contributed by atoms with Crippen molar-refractivity contribution >= 4 is 16.7 Å². The van der Waals surface area contributed by atoms with Crippen molar-refractivity contribution in [2.24, 2.45) is 0 Å². The summed E-state index contributed by atoms with van der Waals surface area (Å²) in [6.45, 7) is 1.19. The van der Waals surface area contributed by atoms with E-state index >= 15 is 0 Å². The fraction of sp³-hybridized carbons (Fsp3) is 0.259. The zero-order valence-electron chi connectivity index (χ0n) is 18.3. The highest BCUT2D eigenvalue weighted by Gasteiger charge is 2.14. The fourth-order valence-corrected chi connectivity index (χ4v) is 3.95. The number of carbonyl (C=O) groups excluding carboxylic acids is 1. The van der Waals surface area contributed by atoms with E-state index in [1.165, 1.54) is 23.4 Å². The van der Waals surface area contributed by atoms with Gasteiger partial charge in [-0.2, -0.15) is 0 Å². The van der Waals surface area contributed by atoms with Crippen molar-refractivity contribution in [2.75, 3.05) is 7.11 Å². The first-order chi connectivity index (χ1) is 15.7. The maximum atomic E-state index is 11.7. The Labute approximate surface area is 188 Å². The van der Waals surface area contributed by atoms with Crippen LogP contribution in [-0.2, 0) is 29.0 Å². The van der Waals surface area contributed by atoms with Gasteiger partial charge in [0.15, 0.2) is 5.69 Å². The summed E-state index contributed by atoms with van der Waals surface area (Å²) in [7, 11) is 1.36. The summed E-state index contributed by atoms with van der Waals surface area (Å²) in [5.74, 6) is -0.429. The summed E-state index contributed by atoms with van der Waals surface area (Å²) in [4.78, 5) is 15.9. The molecule has 1 unspecified atom stereocenters. The normalized spacial score (nSPS) is 12.0. The number of nitrogens with zero attached hydrogens (tertiary/aromatic N) is 2. The van der Waals surface area contributed by atoms with Crippen molar-refractivity contribution in [2.45, 2.75) is 38.5 Å². The highest BCUT2D eigenvalue weighted by molar-refractivity contribution is 5.86. The van der Waals surface area contributed by atoms with Crippen LogP contribution in [0.2, 0.25) is 0 Å². The van der Waals surface area contributed by atoms with Crippen LogP contribution in [0.4, 0.5) is 0 Å². The molecule has 1 atom stereocenters. The van der Waals surface area contributed by atoms with Crippen molar-refractivity contribution in [3.63, 3.8) is 0 Å². The minimum absolute atomic E-state index is 0.00452. The Kier molecular flexibility index (Phi) is 7.31. The minimum Gasteiger partial charge on any atom is -0.464 e. The lowest BCUT2D eigenvalue weighted by molar-refractivity contribution is 0.0225. The summed E-state index contributed by atoms with van der Waals surface area (Å²) < 4.78 is 13.0. The minimum atomic E-state index is -0.429. The Morgan fingerprint density at radius 2 is 1.78 bits per heavy atom. The molecule has 4 aromatic rings. The lowest BCUT2D eigenvalue weighted by Gasteiger charge is -2.19. The monoisotopic (exact) mass is 428 g/mol. The number of benzene rings is 3. The van der Waals surface area contributed by atoms with Gasteiger partial charge in [-0.05, 0) is 41.2 Å². The largest absolute Gasteiger partial charge is 0.464 e. The van der Waals surface area contributed by atoms with Gasteiger partial charge in [0, 0.05) is 12.7 Å². The van der Waals surface area contributed by atoms with E-state index in [9.17, 15) is 4.79 Å². The summed E-state index contributed by atoms with van der Waals surface area (Å²) >= 11 is 0. The molecule has 0 fully saturated rings. The van der Waals surface area contributed by atoms with E-state index < -0.39 is 5.97 Å². The smallest absolute Gasteiger partial charge is 0.358 e. The molecule has 0 spiro atoms. The quantitative estimate of drug-likeness (QED) is 0.316. The molecule has 0 aliphatic rings. The maximum Gasteiger partial charge on any atom is 0.358 e. The van der Waals surface area contributed by atoms with Crippen LogP contribution in [-0.4, -0.2) is 28.7 Å². The van der Waals surface area contributed by atoms with Crippen LogP contribution < -0.4 is 0 Å². The van der Waals surface area contributed by atoms with Crippen molar-refractivity contribution in [3.8, 4) is 0 Å². The molecule has 0 aliphatic carbocycles. The molecule has 0 N–H and O–H groups in total. The van der Waals surface area contributed by atoms with Gasteiger partial charge in [-0.25, -0.2) is 9.78 Å². The average molecular weight is 429 g/mol. The van der Waals surface area contributed by atoms with Crippen molar-refractivity contribution in [3.05, 3.63) is 102 Å². The van der Waals surface area contributed by atoms with Crippen LogP contribution in [0.15, 0.2) is 85.3 Å². The van der Waals surface area contributed by atoms with Crippen LogP contribution >= 0.6 is 0 Å². The number of hydrogen-bond donors (Lipinski definition) is 0. The topological polar surface area (TPSA) is 53.4 Å².